The van der Waals surface area contributed by atoms with Crippen LogP contribution in [0.15, 0.2) is 22.7 Å². The molecule has 4 nitrogen and oxygen atoms in total. The van der Waals surface area contributed by atoms with E-state index in [1.807, 2.05) is 18.2 Å². The highest BCUT2D eigenvalue weighted by molar-refractivity contribution is 9.10. The molecule has 82 valence electrons. The van der Waals surface area contributed by atoms with Gasteiger partial charge in [-0.1, -0.05) is 12.1 Å². The molecule has 5 heteroatoms. The summed E-state index contributed by atoms with van der Waals surface area (Å²) in [5.74, 6) is 0.456. The van der Waals surface area contributed by atoms with Crippen LogP contribution in [-0.2, 0) is 11.3 Å². The molecule has 0 heterocycles. The van der Waals surface area contributed by atoms with Crippen LogP contribution in [-0.4, -0.2) is 19.6 Å². The zero-order chi connectivity index (χ0) is 11.3. The molecule has 1 rings (SSSR count). The van der Waals surface area contributed by atoms with Gasteiger partial charge < -0.3 is 15.8 Å². The standard InChI is InChI=1S/C10H13BrN2O2/c1-13-9(14)6-15-10-7(5-12)3-2-4-8(10)11/h2-4H,5-6,12H2,1H3,(H,13,14). The number of carbonyl (C=O) groups is 1. The number of carbonyl (C=O) groups excluding carboxylic acids is 1. The minimum Gasteiger partial charge on any atom is -0.482 e. The fraction of sp³-hybridized carbons (Fsp3) is 0.300. The highest BCUT2D eigenvalue weighted by Crippen LogP contribution is 2.28. The second-order valence-electron chi connectivity index (χ2n) is 2.89. The molecule has 0 atom stereocenters. The average molecular weight is 273 g/mol. The largest absolute Gasteiger partial charge is 0.482 e. The zero-order valence-electron chi connectivity index (χ0n) is 8.42. The number of ether oxygens (including phenoxy) is 1. The Morgan fingerprint density at radius 1 is 1.60 bits per heavy atom. The maximum absolute atomic E-state index is 11.0. The normalized spacial score (nSPS) is 9.80. The van der Waals surface area contributed by atoms with Gasteiger partial charge in [-0.15, -0.1) is 0 Å². The van der Waals surface area contributed by atoms with Gasteiger partial charge in [0.2, 0.25) is 0 Å². The monoisotopic (exact) mass is 272 g/mol. The minimum atomic E-state index is -0.172. The van der Waals surface area contributed by atoms with Crippen LogP contribution in [0.1, 0.15) is 5.56 Å². The molecule has 0 aromatic heterocycles. The fourth-order valence-electron chi connectivity index (χ4n) is 1.09. The third kappa shape index (κ3) is 3.21. The van der Waals surface area contributed by atoms with Crippen molar-refractivity contribution in [2.75, 3.05) is 13.7 Å². The van der Waals surface area contributed by atoms with E-state index in [2.05, 4.69) is 21.2 Å². The number of hydrogen-bond donors (Lipinski definition) is 2. The van der Waals surface area contributed by atoms with Crippen molar-refractivity contribution in [3.05, 3.63) is 28.2 Å². The van der Waals surface area contributed by atoms with Crippen LogP contribution in [0.5, 0.6) is 5.75 Å². The Kier molecular flexibility index (Phi) is 4.58. The maximum Gasteiger partial charge on any atom is 0.257 e. The number of benzene rings is 1. The first-order valence-electron chi connectivity index (χ1n) is 4.50. The van der Waals surface area contributed by atoms with Crippen LogP contribution in [0.25, 0.3) is 0 Å². The first-order chi connectivity index (χ1) is 7.19. The number of nitrogens with two attached hydrogens (primary N) is 1. The SMILES string of the molecule is CNC(=O)COc1c(Br)cccc1CN. The van der Waals surface area contributed by atoms with Gasteiger partial charge in [-0.2, -0.15) is 0 Å². The van der Waals surface area contributed by atoms with Gasteiger partial charge in [-0.25, -0.2) is 0 Å². The van der Waals surface area contributed by atoms with Crippen LogP contribution in [0.4, 0.5) is 0 Å². The molecule has 1 aromatic rings. The molecule has 1 amide bonds. The molecule has 0 aliphatic rings. The van der Waals surface area contributed by atoms with E-state index in [0.717, 1.165) is 10.0 Å². The van der Waals surface area contributed by atoms with Crippen molar-refractivity contribution in [3.63, 3.8) is 0 Å². The lowest BCUT2D eigenvalue weighted by Crippen LogP contribution is -2.25. The molecule has 0 aliphatic heterocycles. The summed E-state index contributed by atoms with van der Waals surface area (Å²) in [6, 6.07) is 5.58. The number of amides is 1. The number of hydrogen-bond acceptors (Lipinski definition) is 3. The number of para-hydroxylation sites is 1. The minimum absolute atomic E-state index is 0.00782. The van der Waals surface area contributed by atoms with Gasteiger partial charge in [-0.05, 0) is 22.0 Å². The fourth-order valence-corrected chi connectivity index (χ4v) is 1.61. The number of likely N-dealkylation sites (N-methyl/N-ethyl adjacent to an activating group) is 1. The highest BCUT2D eigenvalue weighted by Gasteiger charge is 2.08. The predicted molar refractivity (Wildman–Crippen MR) is 61.6 cm³/mol. The maximum atomic E-state index is 11.0. The first kappa shape index (κ1) is 12.0. The predicted octanol–water partition coefficient (Wildman–Crippen LogP) is 1.03. The second-order valence-corrected chi connectivity index (χ2v) is 3.75. The molecule has 1 aromatic carbocycles. The number of halogens is 1. The lowest BCUT2D eigenvalue weighted by atomic mass is 10.2. The van der Waals surface area contributed by atoms with Gasteiger partial charge in [0, 0.05) is 19.2 Å². The highest BCUT2D eigenvalue weighted by atomic mass is 79.9. The Labute approximate surface area is 96.9 Å². The van der Waals surface area contributed by atoms with Gasteiger partial charge in [0.05, 0.1) is 4.47 Å². The Hall–Kier alpha value is -1.07. The van der Waals surface area contributed by atoms with Gasteiger partial charge in [0.1, 0.15) is 5.75 Å². The third-order valence-electron chi connectivity index (χ3n) is 1.89. The van der Waals surface area contributed by atoms with E-state index in [0.29, 0.717) is 12.3 Å². The Morgan fingerprint density at radius 3 is 2.93 bits per heavy atom. The van der Waals surface area contributed by atoms with Crippen molar-refractivity contribution < 1.29 is 9.53 Å². The summed E-state index contributed by atoms with van der Waals surface area (Å²) >= 11 is 3.35. The lowest BCUT2D eigenvalue weighted by Gasteiger charge is -2.11. The Balaban J connectivity index is 2.78. The molecule has 0 saturated carbocycles. The molecule has 0 aliphatic carbocycles. The van der Waals surface area contributed by atoms with Crippen molar-refractivity contribution in [2.24, 2.45) is 5.73 Å². The van der Waals surface area contributed by atoms with Crippen molar-refractivity contribution >= 4 is 21.8 Å². The third-order valence-corrected chi connectivity index (χ3v) is 2.52. The first-order valence-corrected chi connectivity index (χ1v) is 5.29. The second kappa shape index (κ2) is 5.72. The summed E-state index contributed by atoms with van der Waals surface area (Å²) in [5, 5.41) is 2.48. The van der Waals surface area contributed by atoms with E-state index in [1.54, 1.807) is 7.05 Å². The Morgan fingerprint density at radius 2 is 2.33 bits per heavy atom. The van der Waals surface area contributed by atoms with Gasteiger partial charge >= 0.3 is 0 Å². The van der Waals surface area contributed by atoms with E-state index in [9.17, 15) is 4.79 Å². The average Bonchev–Trinajstić information content (AvgIpc) is 2.26. The van der Waals surface area contributed by atoms with E-state index < -0.39 is 0 Å². The van der Waals surface area contributed by atoms with Crippen LogP contribution < -0.4 is 15.8 Å². The molecular weight excluding hydrogens is 260 g/mol. The van der Waals surface area contributed by atoms with E-state index >= 15 is 0 Å². The summed E-state index contributed by atoms with van der Waals surface area (Å²) < 4.78 is 6.17. The summed E-state index contributed by atoms with van der Waals surface area (Å²) in [5.41, 5.74) is 6.43. The molecule has 0 radical (unpaired) electrons. The van der Waals surface area contributed by atoms with Crippen LogP contribution >= 0.6 is 15.9 Å². The Bertz CT molecular complexity index is 355. The van der Waals surface area contributed by atoms with Crippen molar-refractivity contribution in [3.8, 4) is 5.75 Å². The number of rotatable bonds is 4. The summed E-state index contributed by atoms with van der Waals surface area (Å²) in [6.45, 7) is 0.370. The van der Waals surface area contributed by atoms with Crippen molar-refractivity contribution in [1.82, 2.24) is 5.32 Å². The molecule has 0 unspecified atom stereocenters. The van der Waals surface area contributed by atoms with Crippen LogP contribution in [0.2, 0.25) is 0 Å². The molecule has 3 N–H and O–H groups in total. The van der Waals surface area contributed by atoms with Crippen LogP contribution in [0, 0.1) is 0 Å². The van der Waals surface area contributed by atoms with E-state index in [1.165, 1.54) is 0 Å². The summed E-state index contributed by atoms with van der Waals surface area (Å²) in [6.07, 6.45) is 0. The molecule has 0 spiro atoms. The summed E-state index contributed by atoms with van der Waals surface area (Å²) in [4.78, 5) is 11.0. The number of nitrogens with one attached hydrogen (secondary N) is 1. The van der Waals surface area contributed by atoms with Gasteiger partial charge in [0.25, 0.3) is 5.91 Å². The lowest BCUT2D eigenvalue weighted by molar-refractivity contribution is -0.122. The molecule has 0 saturated heterocycles. The molecule has 15 heavy (non-hydrogen) atoms. The summed E-state index contributed by atoms with van der Waals surface area (Å²) in [7, 11) is 1.57. The van der Waals surface area contributed by atoms with Crippen LogP contribution in [0.3, 0.4) is 0 Å². The molecule has 0 bridgehead atoms. The van der Waals surface area contributed by atoms with Gasteiger partial charge in [-0.3, -0.25) is 4.79 Å². The molecular formula is C10H13BrN2O2. The van der Waals surface area contributed by atoms with E-state index in [4.69, 9.17) is 10.5 Å². The van der Waals surface area contributed by atoms with Crippen molar-refractivity contribution in [2.45, 2.75) is 6.54 Å². The van der Waals surface area contributed by atoms with Crippen molar-refractivity contribution in [1.29, 1.82) is 0 Å². The quantitative estimate of drug-likeness (QED) is 0.861. The van der Waals surface area contributed by atoms with Gasteiger partial charge in [0.15, 0.2) is 6.61 Å². The smallest absolute Gasteiger partial charge is 0.257 e. The topological polar surface area (TPSA) is 64.3 Å². The zero-order valence-corrected chi connectivity index (χ0v) is 10.0. The van der Waals surface area contributed by atoms with E-state index in [-0.39, 0.29) is 12.5 Å². The molecule has 0 fully saturated rings.